The number of aromatic nitrogens is 4. The van der Waals surface area contributed by atoms with Crippen molar-refractivity contribution in [2.24, 2.45) is 0 Å². The Morgan fingerprint density at radius 1 is 1.40 bits per heavy atom. The van der Waals surface area contributed by atoms with Crippen molar-refractivity contribution in [1.82, 2.24) is 25.3 Å². The molecular formula is C10H12F3N5OS. The van der Waals surface area contributed by atoms with Crippen LogP contribution in [0.3, 0.4) is 0 Å². The second-order valence-electron chi connectivity index (χ2n) is 3.82. The van der Waals surface area contributed by atoms with Gasteiger partial charge >= 0.3 is 6.18 Å². The van der Waals surface area contributed by atoms with Gasteiger partial charge in [-0.15, -0.1) is 10.2 Å². The van der Waals surface area contributed by atoms with Crippen LogP contribution in [0.4, 0.5) is 13.2 Å². The molecule has 0 spiro atoms. The maximum Gasteiger partial charge on any atom is 0.419 e. The highest BCUT2D eigenvalue weighted by Gasteiger charge is 2.32. The smallest absolute Gasteiger partial charge is 0.383 e. The molecule has 2 rings (SSSR count). The van der Waals surface area contributed by atoms with E-state index >= 15 is 0 Å². The summed E-state index contributed by atoms with van der Waals surface area (Å²) in [6.45, 7) is 1.71. The van der Waals surface area contributed by atoms with Crippen LogP contribution in [0.2, 0.25) is 0 Å². The highest BCUT2D eigenvalue weighted by molar-refractivity contribution is 7.13. The van der Waals surface area contributed by atoms with E-state index in [-0.39, 0.29) is 0 Å². The molecule has 0 amide bonds. The zero-order chi connectivity index (χ0) is 14.6. The predicted molar refractivity (Wildman–Crippen MR) is 65.6 cm³/mol. The van der Waals surface area contributed by atoms with E-state index in [9.17, 15) is 13.2 Å². The van der Waals surface area contributed by atoms with Gasteiger partial charge in [-0.25, -0.2) is 4.68 Å². The molecule has 0 aliphatic heterocycles. The minimum absolute atomic E-state index is 0.295. The maximum atomic E-state index is 12.5. The molecule has 2 aromatic heterocycles. The zero-order valence-electron chi connectivity index (χ0n) is 10.5. The van der Waals surface area contributed by atoms with Crippen molar-refractivity contribution in [2.75, 3.05) is 20.3 Å². The summed E-state index contributed by atoms with van der Waals surface area (Å²) >= 11 is 1.18. The molecule has 2 heterocycles. The first kappa shape index (κ1) is 14.9. The van der Waals surface area contributed by atoms with Gasteiger partial charge in [0.1, 0.15) is 5.01 Å². The van der Waals surface area contributed by atoms with Crippen LogP contribution in [-0.2, 0) is 17.5 Å². The number of halogens is 3. The second-order valence-corrected chi connectivity index (χ2v) is 4.86. The van der Waals surface area contributed by atoms with Crippen LogP contribution >= 0.6 is 11.3 Å². The Morgan fingerprint density at radius 3 is 2.85 bits per heavy atom. The molecule has 2 aromatic rings. The van der Waals surface area contributed by atoms with Gasteiger partial charge in [-0.3, -0.25) is 0 Å². The molecule has 0 aromatic carbocycles. The van der Waals surface area contributed by atoms with Crippen LogP contribution in [0.25, 0.3) is 5.13 Å². The Bertz CT molecular complexity index is 553. The van der Waals surface area contributed by atoms with Crippen LogP contribution < -0.4 is 5.32 Å². The number of methoxy groups -OCH3 is 1. The average Bonchev–Trinajstić information content (AvgIpc) is 3.02. The Labute approximate surface area is 116 Å². The van der Waals surface area contributed by atoms with Gasteiger partial charge in [0.2, 0.25) is 5.13 Å². The molecule has 0 bridgehead atoms. The molecule has 0 unspecified atom stereocenters. The summed E-state index contributed by atoms with van der Waals surface area (Å²) in [7, 11) is 1.60. The van der Waals surface area contributed by atoms with Crippen LogP contribution in [-0.4, -0.2) is 40.2 Å². The lowest BCUT2D eigenvalue weighted by Gasteiger charge is -2.00. The molecule has 0 radical (unpaired) electrons. The standard InChI is InChI=1S/C10H12F3N5OS/c1-19-3-2-14-5-8-16-17-9(20-8)18-6-7(4-15-18)10(11,12)13/h4,6,14H,2-3,5H2,1H3. The van der Waals surface area contributed by atoms with Crippen molar-refractivity contribution >= 4 is 11.3 Å². The molecule has 0 aliphatic rings. The van der Waals surface area contributed by atoms with Crippen molar-refractivity contribution in [3.63, 3.8) is 0 Å². The third kappa shape index (κ3) is 3.74. The normalized spacial score (nSPS) is 12.0. The van der Waals surface area contributed by atoms with Crippen LogP contribution in [0.1, 0.15) is 10.6 Å². The molecule has 0 fully saturated rings. The Balaban J connectivity index is 2.00. The highest BCUT2D eigenvalue weighted by Crippen LogP contribution is 2.29. The van der Waals surface area contributed by atoms with Gasteiger partial charge in [-0.05, 0) is 0 Å². The molecule has 1 N–H and O–H groups in total. The molecule has 0 aliphatic carbocycles. The van der Waals surface area contributed by atoms with Gasteiger partial charge in [0.05, 0.1) is 18.4 Å². The summed E-state index contributed by atoms with van der Waals surface area (Å²) in [4.78, 5) is 0. The van der Waals surface area contributed by atoms with Gasteiger partial charge in [0.25, 0.3) is 0 Å². The van der Waals surface area contributed by atoms with E-state index in [1.54, 1.807) is 7.11 Å². The average molecular weight is 307 g/mol. The van der Waals surface area contributed by atoms with E-state index in [0.717, 1.165) is 17.1 Å². The maximum absolute atomic E-state index is 12.5. The Morgan fingerprint density at radius 2 is 2.20 bits per heavy atom. The van der Waals surface area contributed by atoms with Crippen molar-refractivity contribution in [1.29, 1.82) is 0 Å². The van der Waals surface area contributed by atoms with Gasteiger partial charge in [-0.1, -0.05) is 11.3 Å². The number of hydrogen-bond donors (Lipinski definition) is 1. The number of ether oxygens (including phenoxy) is 1. The van der Waals surface area contributed by atoms with Crippen molar-refractivity contribution in [3.8, 4) is 5.13 Å². The lowest BCUT2D eigenvalue weighted by atomic mass is 10.4. The fourth-order valence-electron chi connectivity index (χ4n) is 1.35. The fraction of sp³-hybridized carbons (Fsp3) is 0.500. The number of nitrogens with one attached hydrogen (secondary N) is 1. The van der Waals surface area contributed by atoms with E-state index in [0.29, 0.717) is 29.8 Å². The summed E-state index contributed by atoms with van der Waals surface area (Å²) in [6.07, 6.45) is -2.76. The topological polar surface area (TPSA) is 64.9 Å². The number of nitrogens with zero attached hydrogens (tertiary/aromatic N) is 4. The summed E-state index contributed by atoms with van der Waals surface area (Å²) in [5.41, 5.74) is -0.813. The predicted octanol–water partition coefficient (Wildman–Crippen LogP) is 1.48. The molecule has 6 nitrogen and oxygen atoms in total. The van der Waals surface area contributed by atoms with Crippen LogP contribution in [0, 0.1) is 0 Å². The van der Waals surface area contributed by atoms with E-state index in [1.165, 1.54) is 11.3 Å². The van der Waals surface area contributed by atoms with Gasteiger partial charge in [-0.2, -0.15) is 18.3 Å². The highest BCUT2D eigenvalue weighted by atomic mass is 32.1. The molecule has 110 valence electrons. The van der Waals surface area contributed by atoms with Crippen molar-refractivity contribution in [3.05, 3.63) is 23.0 Å². The summed E-state index contributed by atoms with van der Waals surface area (Å²) < 4.78 is 43.3. The van der Waals surface area contributed by atoms with Gasteiger partial charge < -0.3 is 10.1 Å². The largest absolute Gasteiger partial charge is 0.419 e. The minimum atomic E-state index is -4.41. The first-order chi connectivity index (χ1) is 9.50. The molecule has 0 saturated heterocycles. The SMILES string of the molecule is COCCNCc1nnc(-n2cc(C(F)(F)F)cn2)s1. The fourth-order valence-corrected chi connectivity index (χ4v) is 2.09. The molecular weight excluding hydrogens is 295 g/mol. The van der Waals surface area contributed by atoms with Crippen LogP contribution in [0.15, 0.2) is 12.4 Å². The second kappa shape index (κ2) is 6.29. The van der Waals surface area contributed by atoms with Crippen LogP contribution in [0.5, 0.6) is 0 Å². The van der Waals surface area contributed by atoms with Crippen molar-refractivity contribution in [2.45, 2.75) is 12.7 Å². The third-order valence-corrected chi connectivity index (χ3v) is 3.23. The summed E-state index contributed by atoms with van der Waals surface area (Å²) in [5, 5.41) is 15.4. The monoisotopic (exact) mass is 307 g/mol. The van der Waals surface area contributed by atoms with E-state index in [4.69, 9.17) is 4.74 Å². The molecule has 20 heavy (non-hydrogen) atoms. The van der Waals surface area contributed by atoms with Gasteiger partial charge in [0.15, 0.2) is 0 Å². The van der Waals surface area contributed by atoms with Crippen molar-refractivity contribution < 1.29 is 17.9 Å². The molecule has 10 heteroatoms. The van der Waals surface area contributed by atoms with E-state index in [2.05, 4.69) is 20.6 Å². The van der Waals surface area contributed by atoms with E-state index in [1.807, 2.05) is 0 Å². The Kier molecular flexibility index (Phi) is 4.68. The number of alkyl halides is 3. The quantitative estimate of drug-likeness (QED) is 0.819. The first-order valence-corrected chi connectivity index (χ1v) is 6.46. The van der Waals surface area contributed by atoms with Gasteiger partial charge in [0, 0.05) is 26.4 Å². The number of hydrogen-bond acceptors (Lipinski definition) is 6. The summed E-state index contributed by atoms with van der Waals surface area (Å²) in [5.74, 6) is 0. The lowest BCUT2D eigenvalue weighted by molar-refractivity contribution is -0.137. The lowest BCUT2D eigenvalue weighted by Crippen LogP contribution is -2.18. The number of rotatable bonds is 6. The van der Waals surface area contributed by atoms with E-state index < -0.39 is 11.7 Å². The molecule has 0 saturated carbocycles. The Hall–Kier alpha value is -1.52. The molecule has 0 atom stereocenters. The minimum Gasteiger partial charge on any atom is -0.383 e. The third-order valence-electron chi connectivity index (χ3n) is 2.32. The zero-order valence-corrected chi connectivity index (χ0v) is 11.3. The first-order valence-electron chi connectivity index (χ1n) is 5.65. The summed E-state index contributed by atoms with van der Waals surface area (Å²) in [6, 6.07) is 0.